The molecule has 0 atom stereocenters. The molecule has 1 saturated heterocycles. The standard InChI is InChI=1S/C16H19N5O4S2/c1-11-15(12(2)25-18-11)27(23,24)21-5-3-19(4-6-21)14(22)9-13-10-20-7-8-26-16(20)17-13/h7-8,10H,3-6,9H2,1-2H3. The van der Waals surface area contributed by atoms with E-state index in [-0.39, 0.29) is 36.1 Å². The predicted octanol–water partition coefficient (Wildman–Crippen LogP) is 1.08. The number of rotatable bonds is 4. The predicted molar refractivity (Wildman–Crippen MR) is 98.1 cm³/mol. The lowest BCUT2D eigenvalue weighted by atomic mass is 10.2. The molecule has 0 spiro atoms. The van der Waals surface area contributed by atoms with E-state index < -0.39 is 10.0 Å². The minimum Gasteiger partial charge on any atom is -0.360 e. The van der Waals surface area contributed by atoms with Gasteiger partial charge in [-0.2, -0.15) is 4.31 Å². The Morgan fingerprint density at radius 2 is 2.00 bits per heavy atom. The first-order valence-corrected chi connectivity index (χ1v) is 10.8. The average Bonchev–Trinajstić information content (AvgIpc) is 3.30. The lowest BCUT2D eigenvalue weighted by Gasteiger charge is -2.33. The summed E-state index contributed by atoms with van der Waals surface area (Å²) in [6.45, 7) is 4.39. The lowest BCUT2D eigenvalue weighted by molar-refractivity contribution is -0.131. The van der Waals surface area contributed by atoms with Crippen LogP contribution in [0.2, 0.25) is 0 Å². The first-order chi connectivity index (χ1) is 12.9. The average molecular weight is 409 g/mol. The number of carbonyl (C=O) groups is 1. The van der Waals surface area contributed by atoms with Gasteiger partial charge in [0.25, 0.3) is 0 Å². The molecule has 11 heteroatoms. The highest BCUT2D eigenvalue weighted by Gasteiger charge is 2.34. The van der Waals surface area contributed by atoms with E-state index in [9.17, 15) is 13.2 Å². The third kappa shape index (κ3) is 3.26. The number of piperazine rings is 1. The molecule has 1 amide bonds. The van der Waals surface area contributed by atoms with Crippen molar-refractivity contribution in [3.8, 4) is 0 Å². The summed E-state index contributed by atoms with van der Waals surface area (Å²) in [4.78, 5) is 19.6. The Morgan fingerprint density at radius 1 is 1.26 bits per heavy atom. The molecule has 1 aliphatic rings. The molecular formula is C16H19N5O4S2. The molecule has 4 rings (SSSR count). The fourth-order valence-electron chi connectivity index (χ4n) is 3.28. The van der Waals surface area contributed by atoms with Gasteiger partial charge in [0, 0.05) is 44.0 Å². The van der Waals surface area contributed by atoms with E-state index >= 15 is 0 Å². The molecule has 0 bridgehead atoms. The molecule has 1 fully saturated rings. The van der Waals surface area contributed by atoms with Crippen LogP contribution in [0.4, 0.5) is 0 Å². The zero-order valence-electron chi connectivity index (χ0n) is 15.0. The number of imidazole rings is 1. The van der Waals surface area contributed by atoms with Gasteiger partial charge in [0.1, 0.15) is 10.6 Å². The Kier molecular flexibility index (Phi) is 4.52. The molecule has 0 unspecified atom stereocenters. The Balaban J connectivity index is 1.41. The quantitative estimate of drug-likeness (QED) is 0.639. The Morgan fingerprint density at radius 3 is 2.63 bits per heavy atom. The van der Waals surface area contributed by atoms with Crippen LogP contribution in [0, 0.1) is 13.8 Å². The van der Waals surface area contributed by atoms with Crippen LogP contribution >= 0.6 is 11.3 Å². The second kappa shape index (κ2) is 6.73. The number of sulfonamides is 1. The maximum absolute atomic E-state index is 12.8. The van der Waals surface area contributed by atoms with Gasteiger partial charge in [0.05, 0.1) is 12.1 Å². The number of thiazole rings is 1. The smallest absolute Gasteiger partial charge is 0.248 e. The first-order valence-electron chi connectivity index (χ1n) is 8.48. The summed E-state index contributed by atoms with van der Waals surface area (Å²) in [5, 5.41) is 5.66. The summed E-state index contributed by atoms with van der Waals surface area (Å²) in [7, 11) is -3.67. The number of nitrogens with zero attached hydrogens (tertiary/aromatic N) is 5. The van der Waals surface area contributed by atoms with Gasteiger partial charge in [-0.15, -0.1) is 11.3 Å². The van der Waals surface area contributed by atoms with Gasteiger partial charge in [-0.1, -0.05) is 5.16 Å². The van der Waals surface area contributed by atoms with E-state index in [0.29, 0.717) is 18.8 Å². The van der Waals surface area contributed by atoms with Crippen LogP contribution in [-0.4, -0.2) is 64.3 Å². The van der Waals surface area contributed by atoms with Gasteiger partial charge in [-0.25, -0.2) is 13.4 Å². The number of hydrogen-bond donors (Lipinski definition) is 0. The van der Waals surface area contributed by atoms with Gasteiger partial charge in [0.15, 0.2) is 10.7 Å². The number of aromatic nitrogens is 3. The van der Waals surface area contributed by atoms with E-state index in [0.717, 1.165) is 10.7 Å². The van der Waals surface area contributed by atoms with Gasteiger partial charge in [0.2, 0.25) is 15.9 Å². The van der Waals surface area contributed by atoms with Crippen LogP contribution in [0.15, 0.2) is 27.2 Å². The van der Waals surface area contributed by atoms with Crippen molar-refractivity contribution in [1.82, 2.24) is 23.7 Å². The van der Waals surface area contributed by atoms with Gasteiger partial charge in [-0.3, -0.25) is 9.20 Å². The zero-order valence-corrected chi connectivity index (χ0v) is 16.6. The maximum Gasteiger partial charge on any atom is 0.248 e. The van der Waals surface area contributed by atoms with Crippen molar-refractivity contribution in [1.29, 1.82) is 0 Å². The molecule has 0 aromatic carbocycles. The lowest BCUT2D eigenvalue weighted by Crippen LogP contribution is -2.51. The SMILES string of the molecule is Cc1noc(C)c1S(=O)(=O)N1CCN(C(=O)Cc2cn3ccsc3n2)CC1. The molecule has 0 radical (unpaired) electrons. The molecule has 0 saturated carbocycles. The Labute approximate surface area is 160 Å². The van der Waals surface area contributed by atoms with Crippen LogP contribution in [0.5, 0.6) is 0 Å². The van der Waals surface area contributed by atoms with E-state index in [4.69, 9.17) is 4.52 Å². The molecular weight excluding hydrogens is 390 g/mol. The molecule has 3 aromatic heterocycles. The van der Waals surface area contributed by atoms with Crippen LogP contribution in [0.3, 0.4) is 0 Å². The summed E-state index contributed by atoms with van der Waals surface area (Å²) in [5.74, 6) is 0.237. The van der Waals surface area contributed by atoms with Gasteiger partial charge < -0.3 is 9.42 Å². The molecule has 27 heavy (non-hydrogen) atoms. The topological polar surface area (TPSA) is 101 Å². The van der Waals surface area contributed by atoms with E-state index in [1.165, 1.54) is 15.6 Å². The molecule has 4 heterocycles. The van der Waals surface area contributed by atoms with Crippen molar-refractivity contribution in [2.24, 2.45) is 0 Å². The summed E-state index contributed by atoms with van der Waals surface area (Å²) in [6.07, 6.45) is 3.96. The summed E-state index contributed by atoms with van der Waals surface area (Å²) < 4.78 is 33.9. The fourth-order valence-corrected chi connectivity index (χ4v) is 5.71. The largest absolute Gasteiger partial charge is 0.360 e. The van der Waals surface area contributed by atoms with Crippen molar-refractivity contribution in [2.45, 2.75) is 25.2 Å². The maximum atomic E-state index is 12.8. The Bertz CT molecular complexity index is 1040. The van der Waals surface area contributed by atoms with Crippen LogP contribution in [0.1, 0.15) is 17.1 Å². The zero-order chi connectivity index (χ0) is 19.2. The monoisotopic (exact) mass is 409 g/mol. The van der Waals surface area contributed by atoms with Crippen LogP contribution < -0.4 is 0 Å². The van der Waals surface area contributed by atoms with Gasteiger partial charge in [-0.05, 0) is 13.8 Å². The van der Waals surface area contributed by atoms with E-state index in [1.54, 1.807) is 18.7 Å². The first kappa shape index (κ1) is 18.1. The minimum atomic E-state index is -3.67. The van der Waals surface area contributed by atoms with Crippen molar-refractivity contribution < 1.29 is 17.7 Å². The van der Waals surface area contributed by atoms with Crippen molar-refractivity contribution in [3.05, 3.63) is 34.9 Å². The minimum absolute atomic E-state index is 0.0462. The third-order valence-corrected chi connectivity index (χ3v) is 7.55. The second-order valence-corrected chi connectivity index (χ2v) is 9.19. The third-order valence-electron chi connectivity index (χ3n) is 4.63. The highest BCUT2D eigenvalue weighted by atomic mass is 32.2. The number of amides is 1. The number of fused-ring (bicyclic) bond motifs is 1. The molecule has 3 aromatic rings. The van der Waals surface area contributed by atoms with Crippen molar-refractivity contribution in [2.75, 3.05) is 26.2 Å². The van der Waals surface area contributed by atoms with E-state index in [1.807, 2.05) is 22.2 Å². The second-order valence-electron chi connectivity index (χ2n) is 6.44. The highest BCUT2D eigenvalue weighted by Crippen LogP contribution is 2.24. The fraction of sp³-hybridized carbons (Fsp3) is 0.438. The summed E-state index contributed by atoms with van der Waals surface area (Å²) in [6, 6.07) is 0. The van der Waals surface area contributed by atoms with Crippen LogP contribution in [-0.2, 0) is 21.2 Å². The van der Waals surface area contributed by atoms with Crippen molar-refractivity contribution in [3.63, 3.8) is 0 Å². The van der Waals surface area contributed by atoms with E-state index in [2.05, 4.69) is 10.1 Å². The molecule has 0 N–H and O–H groups in total. The summed E-state index contributed by atoms with van der Waals surface area (Å²) >= 11 is 1.52. The number of aryl methyl sites for hydroxylation is 2. The summed E-state index contributed by atoms with van der Waals surface area (Å²) in [5.41, 5.74) is 1.07. The van der Waals surface area contributed by atoms with Crippen molar-refractivity contribution >= 4 is 32.2 Å². The molecule has 1 aliphatic heterocycles. The number of carbonyl (C=O) groups excluding carboxylic acids is 1. The molecule has 9 nitrogen and oxygen atoms in total. The molecule has 144 valence electrons. The normalized spacial score (nSPS) is 16.3. The van der Waals surface area contributed by atoms with Gasteiger partial charge >= 0.3 is 0 Å². The Hall–Kier alpha value is -2.24. The molecule has 0 aliphatic carbocycles. The van der Waals surface area contributed by atoms with Crippen LogP contribution in [0.25, 0.3) is 4.96 Å². The number of hydrogen-bond acceptors (Lipinski definition) is 7. The highest BCUT2D eigenvalue weighted by molar-refractivity contribution is 7.89.